The molecule has 0 aliphatic rings. The van der Waals surface area contributed by atoms with Crippen molar-refractivity contribution in [3.8, 4) is 0 Å². The Morgan fingerprint density at radius 1 is 0.708 bits per heavy atom. The first kappa shape index (κ1) is 27.1. The van der Waals surface area contributed by atoms with Crippen molar-refractivity contribution < 1.29 is 18.1 Å². The van der Waals surface area contributed by atoms with Crippen LogP contribution >= 0.6 is 0 Å². The maximum atomic E-state index is 10.6. The van der Waals surface area contributed by atoms with Gasteiger partial charge < -0.3 is 5.11 Å². The molecule has 4 nitrogen and oxygen atoms in total. The average Bonchev–Trinajstić information content (AvgIpc) is 2.46. The molecule has 0 aromatic rings. The summed E-state index contributed by atoms with van der Waals surface area (Å²) in [5.41, 5.74) is 0. The zero-order chi connectivity index (χ0) is 17.4. The standard InChI is InChI=1S/C18H38O4S.Na.H/c1-2-3-4-5-6-7-8-9-10-11-12-13-14-15-16-18(19)17-23(20,21)22;;/h18-19H,2-17H2,1H3,(H,20,21,22);;. The van der Waals surface area contributed by atoms with Crippen molar-refractivity contribution >= 4 is 39.7 Å². The summed E-state index contributed by atoms with van der Waals surface area (Å²) in [7, 11) is -4.04. The van der Waals surface area contributed by atoms with E-state index in [-0.39, 0.29) is 29.6 Å². The monoisotopic (exact) mass is 374 g/mol. The second-order valence-corrected chi connectivity index (χ2v) is 8.28. The third-order valence-corrected chi connectivity index (χ3v) is 5.10. The summed E-state index contributed by atoms with van der Waals surface area (Å²) in [6.07, 6.45) is 17.4. The van der Waals surface area contributed by atoms with Gasteiger partial charge in [-0.2, -0.15) is 8.42 Å². The van der Waals surface area contributed by atoms with Crippen molar-refractivity contribution in [2.45, 2.75) is 109 Å². The Balaban J connectivity index is 0. The molecule has 0 bridgehead atoms. The van der Waals surface area contributed by atoms with E-state index < -0.39 is 22.0 Å². The summed E-state index contributed by atoms with van der Waals surface area (Å²) in [5, 5.41) is 9.44. The second-order valence-electron chi connectivity index (χ2n) is 6.79. The molecular formula is C18H39NaO4S. The maximum absolute atomic E-state index is 10.6. The molecule has 1 atom stereocenters. The molecule has 0 amide bonds. The van der Waals surface area contributed by atoms with Gasteiger partial charge in [-0.15, -0.1) is 0 Å². The minimum atomic E-state index is -4.04. The fourth-order valence-corrected chi connectivity index (χ4v) is 3.55. The Hall–Kier alpha value is 0.870. The van der Waals surface area contributed by atoms with Crippen molar-refractivity contribution in [3.63, 3.8) is 0 Å². The van der Waals surface area contributed by atoms with Gasteiger partial charge in [-0.3, -0.25) is 4.55 Å². The summed E-state index contributed by atoms with van der Waals surface area (Å²) in [6.45, 7) is 2.25. The Labute approximate surface area is 172 Å². The molecule has 6 heteroatoms. The predicted molar refractivity (Wildman–Crippen MR) is 105 cm³/mol. The minimum absolute atomic E-state index is 0. The van der Waals surface area contributed by atoms with Gasteiger partial charge in [0.25, 0.3) is 10.1 Å². The van der Waals surface area contributed by atoms with Gasteiger partial charge >= 0.3 is 29.6 Å². The van der Waals surface area contributed by atoms with Crippen LogP contribution in [0.5, 0.6) is 0 Å². The van der Waals surface area contributed by atoms with Crippen LogP contribution in [-0.4, -0.2) is 59.5 Å². The molecule has 0 aliphatic heterocycles. The number of rotatable bonds is 17. The van der Waals surface area contributed by atoms with E-state index in [0.29, 0.717) is 6.42 Å². The van der Waals surface area contributed by atoms with Gasteiger partial charge in [0.2, 0.25) is 0 Å². The summed E-state index contributed by atoms with van der Waals surface area (Å²) in [5.74, 6) is -0.536. The van der Waals surface area contributed by atoms with E-state index in [2.05, 4.69) is 6.92 Å². The van der Waals surface area contributed by atoms with Crippen molar-refractivity contribution in [3.05, 3.63) is 0 Å². The van der Waals surface area contributed by atoms with Gasteiger partial charge in [-0.25, -0.2) is 0 Å². The first-order valence-corrected chi connectivity index (χ1v) is 11.2. The first-order chi connectivity index (χ1) is 11.0. The Bertz CT molecular complexity index is 347. The Morgan fingerprint density at radius 2 is 1.04 bits per heavy atom. The molecule has 0 heterocycles. The number of unbranched alkanes of at least 4 members (excludes halogenated alkanes) is 13. The molecule has 0 spiro atoms. The summed E-state index contributed by atoms with van der Waals surface area (Å²) < 4.78 is 29.8. The molecule has 0 aliphatic carbocycles. The third kappa shape index (κ3) is 22.9. The van der Waals surface area contributed by atoms with Gasteiger partial charge in [0, 0.05) is 0 Å². The SMILES string of the molecule is CCCCCCCCCCCCCCCCC(O)CS(=O)(=O)O.[NaH]. The molecule has 24 heavy (non-hydrogen) atoms. The molecule has 0 saturated carbocycles. The van der Waals surface area contributed by atoms with Crippen molar-refractivity contribution in [1.29, 1.82) is 0 Å². The van der Waals surface area contributed by atoms with Crippen LogP contribution < -0.4 is 0 Å². The van der Waals surface area contributed by atoms with E-state index in [1.165, 1.54) is 70.6 Å². The van der Waals surface area contributed by atoms with Crippen LogP contribution in [0.15, 0.2) is 0 Å². The van der Waals surface area contributed by atoms with E-state index in [1.807, 2.05) is 0 Å². The summed E-state index contributed by atoms with van der Waals surface area (Å²) in [6, 6.07) is 0. The van der Waals surface area contributed by atoms with E-state index in [4.69, 9.17) is 4.55 Å². The second kappa shape index (κ2) is 18.7. The van der Waals surface area contributed by atoms with Gasteiger partial charge in [0.15, 0.2) is 0 Å². The number of hydrogen-bond donors (Lipinski definition) is 2. The zero-order valence-electron chi connectivity index (χ0n) is 15.0. The van der Waals surface area contributed by atoms with Gasteiger partial charge in [0.1, 0.15) is 5.75 Å². The van der Waals surface area contributed by atoms with Crippen molar-refractivity contribution in [2.24, 2.45) is 0 Å². The average molecular weight is 375 g/mol. The Morgan fingerprint density at radius 3 is 1.38 bits per heavy atom. The molecule has 0 radical (unpaired) electrons. The summed E-state index contributed by atoms with van der Waals surface area (Å²) in [4.78, 5) is 0. The molecule has 0 saturated heterocycles. The van der Waals surface area contributed by atoms with E-state index in [1.54, 1.807) is 0 Å². The van der Waals surface area contributed by atoms with Crippen LogP contribution in [0.3, 0.4) is 0 Å². The Kier molecular flexibility index (Phi) is 21.1. The summed E-state index contributed by atoms with van der Waals surface area (Å²) >= 11 is 0. The van der Waals surface area contributed by atoms with E-state index in [0.717, 1.165) is 19.3 Å². The fraction of sp³-hybridized carbons (Fsp3) is 1.00. The molecule has 142 valence electrons. The third-order valence-electron chi connectivity index (χ3n) is 4.29. The number of aliphatic hydroxyl groups is 1. The molecule has 0 aromatic heterocycles. The molecule has 0 fully saturated rings. The van der Waals surface area contributed by atoms with Crippen LogP contribution in [0.4, 0.5) is 0 Å². The molecule has 0 rings (SSSR count). The topological polar surface area (TPSA) is 74.6 Å². The van der Waals surface area contributed by atoms with Crippen LogP contribution in [0.1, 0.15) is 103 Å². The number of hydrogen-bond acceptors (Lipinski definition) is 3. The van der Waals surface area contributed by atoms with Crippen LogP contribution in [0.25, 0.3) is 0 Å². The van der Waals surface area contributed by atoms with Gasteiger partial charge in [-0.05, 0) is 6.42 Å². The van der Waals surface area contributed by atoms with Gasteiger partial charge in [-0.1, -0.05) is 96.8 Å². The van der Waals surface area contributed by atoms with Crippen LogP contribution in [0.2, 0.25) is 0 Å². The number of aliphatic hydroxyl groups excluding tert-OH is 1. The van der Waals surface area contributed by atoms with Crippen molar-refractivity contribution in [1.82, 2.24) is 0 Å². The quantitative estimate of drug-likeness (QED) is 0.224. The van der Waals surface area contributed by atoms with E-state index in [9.17, 15) is 13.5 Å². The zero-order valence-corrected chi connectivity index (χ0v) is 15.8. The van der Waals surface area contributed by atoms with Crippen LogP contribution in [-0.2, 0) is 10.1 Å². The molecular weight excluding hydrogens is 335 g/mol. The van der Waals surface area contributed by atoms with Crippen molar-refractivity contribution in [2.75, 3.05) is 5.75 Å². The first-order valence-electron chi connectivity index (χ1n) is 9.59. The molecule has 2 N–H and O–H groups in total. The van der Waals surface area contributed by atoms with Gasteiger partial charge in [0.05, 0.1) is 6.10 Å². The molecule has 0 aromatic carbocycles. The molecule has 1 unspecified atom stereocenters. The van der Waals surface area contributed by atoms with E-state index >= 15 is 0 Å². The fourth-order valence-electron chi connectivity index (χ4n) is 2.90. The predicted octanol–water partition coefficient (Wildman–Crippen LogP) is 4.46. The normalized spacial score (nSPS) is 12.8. The van der Waals surface area contributed by atoms with Crippen LogP contribution in [0, 0.1) is 0 Å².